The van der Waals surface area contributed by atoms with Crippen molar-refractivity contribution in [2.24, 2.45) is 0 Å². The Morgan fingerprint density at radius 3 is 2.62 bits per heavy atom. The molecule has 136 valence electrons. The van der Waals surface area contributed by atoms with Crippen molar-refractivity contribution in [2.45, 2.75) is 13.0 Å². The molecule has 0 spiro atoms. The first-order valence-corrected chi connectivity index (χ1v) is 8.20. The van der Waals surface area contributed by atoms with Crippen LogP contribution in [0, 0.1) is 5.82 Å². The molecule has 1 aliphatic heterocycles. The van der Waals surface area contributed by atoms with Crippen LogP contribution in [-0.2, 0) is 0 Å². The van der Waals surface area contributed by atoms with E-state index in [1.54, 1.807) is 19.1 Å². The summed E-state index contributed by atoms with van der Waals surface area (Å²) in [5.74, 6) is -1.39. The lowest BCUT2D eigenvalue weighted by Crippen LogP contribution is -2.43. The zero-order chi connectivity index (χ0) is 18.7. The normalized spacial score (nSPS) is 15.4. The van der Waals surface area contributed by atoms with E-state index in [-0.39, 0.29) is 30.4 Å². The van der Waals surface area contributed by atoms with Gasteiger partial charge in [0, 0.05) is 6.54 Å². The third-order valence-corrected chi connectivity index (χ3v) is 4.11. The van der Waals surface area contributed by atoms with Gasteiger partial charge in [0.1, 0.15) is 12.4 Å². The highest BCUT2D eigenvalue weighted by molar-refractivity contribution is 5.96. The second-order valence-corrected chi connectivity index (χ2v) is 5.84. The minimum Gasteiger partial charge on any atom is -0.486 e. The van der Waals surface area contributed by atoms with Crippen molar-refractivity contribution in [3.8, 4) is 11.5 Å². The first kappa shape index (κ1) is 17.7. The molecule has 0 aromatic heterocycles. The molecule has 0 aliphatic carbocycles. The van der Waals surface area contributed by atoms with Gasteiger partial charge in [-0.2, -0.15) is 0 Å². The van der Waals surface area contributed by atoms with Gasteiger partial charge in [0.15, 0.2) is 17.6 Å². The lowest BCUT2D eigenvalue weighted by Gasteiger charge is -2.31. The van der Waals surface area contributed by atoms with Crippen LogP contribution in [0.4, 0.5) is 4.39 Å². The predicted octanol–water partition coefficient (Wildman–Crippen LogP) is 2.83. The van der Waals surface area contributed by atoms with Gasteiger partial charge >= 0.3 is 5.97 Å². The maximum atomic E-state index is 14.2. The van der Waals surface area contributed by atoms with Crippen LogP contribution < -0.4 is 9.47 Å². The fraction of sp³-hybridized carbons (Fsp3) is 0.263. The minimum atomic E-state index is -1.25. The molecule has 7 heteroatoms. The molecular weight excluding hydrogens is 341 g/mol. The van der Waals surface area contributed by atoms with Crippen LogP contribution in [0.15, 0.2) is 42.5 Å². The second kappa shape index (κ2) is 7.43. The third-order valence-electron chi connectivity index (χ3n) is 4.11. The highest BCUT2D eigenvalue weighted by Crippen LogP contribution is 2.31. The van der Waals surface area contributed by atoms with Crippen LogP contribution in [0.2, 0.25) is 0 Å². The van der Waals surface area contributed by atoms with E-state index in [9.17, 15) is 14.0 Å². The Morgan fingerprint density at radius 1 is 1.23 bits per heavy atom. The van der Waals surface area contributed by atoms with E-state index in [4.69, 9.17) is 14.6 Å². The summed E-state index contributed by atoms with van der Waals surface area (Å²) in [7, 11) is 0. The number of halogens is 1. The van der Waals surface area contributed by atoms with E-state index >= 15 is 0 Å². The number of rotatable bonds is 5. The quantitative estimate of drug-likeness (QED) is 0.888. The molecule has 0 bridgehead atoms. The number of amides is 1. The zero-order valence-corrected chi connectivity index (χ0v) is 14.1. The zero-order valence-electron chi connectivity index (χ0n) is 14.1. The van der Waals surface area contributed by atoms with E-state index in [0.717, 1.165) is 6.07 Å². The highest BCUT2D eigenvalue weighted by atomic mass is 19.1. The molecular formula is C19H18FNO5. The van der Waals surface area contributed by atoms with Crippen molar-refractivity contribution in [3.05, 3.63) is 59.4 Å². The summed E-state index contributed by atoms with van der Waals surface area (Å²) >= 11 is 0. The van der Waals surface area contributed by atoms with Gasteiger partial charge in [0.2, 0.25) is 0 Å². The molecule has 1 aliphatic rings. The molecule has 1 N–H and O–H groups in total. The Balaban J connectivity index is 1.73. The number of hydrogen-bond acceptors (Lipinski definition) is 4. The number of fused-ring (bicyclic) bond motifs is 1. The van der Waals surface area contributed by atoms with E-state index in [0.29, 0.717) is 18.0 Å². The number of para-hydroxylation sites is 2. The summed E-state index contributed by atoms with van der Waals surface area (Å²) in [5, 5.41) is 8.90. The number of benzene rings is 2. The van der Waals surface area contributed by atoms with Crippen LogP contribution in [0.1, 0.15) is 27.6 Å². The van der Waals surface area contributed by atoms with Gasteiger partial charge in [0.25, 0.3) is 5.91 Å². The number of nitrogens with zero attached hydrogens (tertiary/aromatic N) is 1. The third kappa shape index (κ3) is 3.61. The average molecular weight is 359 g/mol. The maximum Gasteiger partial charge on any atom is 0.335 e. The van der Waals surface area contributed by atoms with Crippen molar-refractivity contribution in [1.82, 2.24) is 4.90 Å². The number of likely N-dealkylation sites (N-methyl/N-ethyl adjacent to an activating group) is 1. The highest BCUT2D eigenvalue weighted by Gasteiger charge is 2.26. The fourth-order valence-electron chi connectivity index (χ4n) is 2.75. The van der Waals surface area contributed by atoms with Gasteiger partial charge in [-0.15, -0.1) is 0 Å². The van der Waals surface area contributed by atoms with Crippen LogP contribution >= 0.6 is 0 Å². The van der Waals surface area contributed by atoms with Crippen molar-refractivity contribution in [3.63, 3.8) is 0 Å². The average Bonchev–Trinajstić information content (AvgIpc) is 2.65. The van der Waals surface area contributed by atoms with E-state index in [2.05, 4.69) is 0 Å². The van der Waals surface area contributed by atoms with Crippen LogP contribution in [-0.4, -0.2) is 47.7 Å². The molecule has 1 heterocycles. The number of carboxylic acids is 1. The van der Waals surface area contributed by atoms with E-state index in [1.165, 1.54) is 17.0 Å². The standard InChI is InChI=1S/C19H18FNO5/c1-2-21(10-13-11-25-16-5-3-4-6-17(16)26-13)18(22)14-8-7-12(19(23)24)9-15(14)20/h3-9,13H,2,10-11H2,1H3,(H,23,24). The molecule has 1 amide bonds. The number of hydrogen-bond donors (Lipinski definition) is 1. The van der Waals surface area contributed by atoms with E-state index < -0.39 is 17.7 Å². The Hall–Kier alpha value is -3.09. The summed E-state index contributed by atoms with van der Waals surface area (Å²) in [6.45, 7) is 2.63. The lowest BCUT2D eigenvalue weighted by atomic mass is 10.1. The Kier molecular flexibility index (Phi) is 5.06. The van der Waals surface area contributed by atoms with E-state index in [1.807, 2.05) is 12.1 Å². The number of ether oxygens (including phenoxy) is 2. The number of aromatic carboxylic acids is 1. The van der Waals surface area contributed by atoms with Crippen molar-refractivity contribution < 1.29 is 28.6 Å². The Morgan fingerprint density at radius 2 is 1.96 bits per heavy atom. The van der Waals surface area contributed by atoms with Gasteiger partial charge in [-0.3, -0.25) is 4.79 Å². The van der Waals surface area contributed by atoms with Crippen molar-refractivity contribution >= 4 is 11.9 Å². The molecule has 2 aromatic rings. The van der Waals surface area contributed by atoms with Crippen LogP contribution in [0.25, 0.3) is 0 Å². The second-order valence-electron chi connectivity index (χ2n) is 5.84. The van der Waals surface area contributed by atoms with Crippen molar-refractivity contribution in [2.75, 3.05) is 19.7 Å². The molecule has 0 saturated carbocycles. The lowest BCUT2D eigenvalue weighted by molar-refractivity contribution is 0.0471. The monoisotopic (exact) mass is 359 g/mol. The Bertz CT molecular complexity index is 838. The van der Waals surface area contributed by atoms with Gasteiger partial charge in [-0.25, -0.2) is 9.18 Å². The topological polar surface area (TPSA) is 76.1 Å². The van der Waals surface area contributed by atoms with Gasteiger partial charge < -0.3 is 19.5 Å². The molecule has 2 aromatic carbocycles. The van der Waals surface area contributed by atoms with Gasteiger partial charge in [-0.05, 0) is 37.3 Å². The SMILES string of the molecule is CCN(CC1COc2ccccc2O1)C(=O)c1ccc(C(=O)O)cc1F. The molecule has 1 atom stereocenters. The summed E-state index contributed by atoms with van der Waals surface area (Å²) in [4.78, 5) is 25.0. The number of carbonyl (C=O) groups is 2. The molecule has 3 rings (SSSR count). The largest absolute Gasteiger partial charge is 0.486 e. The minimum absolute atomic E-state index is 0.172. The summed E-state index contributed by atoms with van der Waals surface area (Å²) in [6.07, 6.45) is -0.379. The Labute approximate surface area is 149 Å². The first-order valence-electron chi connectivity index (χ1n) is 8.20. The predicted molar refractivity (Wildman–Crippen MR) is 91.3 cm³/mol. The summed E-state index contributed by atoms with van der Waals surface area (Å²) in [6, 6.07) is 10.5. The molecule has 0 saturated heterocycles. The first-order chi connectivity index (χ1) is 12.5. The maximum absolute atomic E-state index is 14.2. The van der Waals surface area contributed by atoms with Crippen molar-refractivity contribution in [1.29, 1.82) is 0 Å². The van der Waals surface area contributed by atoms with Crippen LogP contribution in [0.5, 0.6) is 11.5 Å². The number of carboxylic acid groups (broad SMARTS) is 1. The molecule has 6 nitrogen and oxygen atoms in total. The molecule has 0 fully saturated rings. The van der Waals surface area contributed by atoms with Crippen LogP contribution in [0.3, 0.4) is 0 Å². The summed E-state index contributed by atoms with van der Waals surface area (Å²) < 4.78 is 25.6. The molecule has 0 radical (unpaired) electrons. The smallest absolute Gasteiger partial charge is 0.335 e. The summed E-state index contributed by atoms with van der Waals surface area (Å²) in [5.41, 5.74) is -0.378. The number of carbonyl (C=O) groups excluding carboxylic acids is 1. The fourth-order valence-corrected chi connectivity index (χ4v) is 2.75. The van der Waals surface area contributed by atoms with Gasteiger partial charge in [0.05, 0.1) is 17.7 Å². The molecule has 26 heavy (non-hydrogen) atoms. The molecule has 1 unspecified atom stereocenters. The van der Waals surface area contributed by atoms with Gasteiger partial charge in [-0.1, -0.05) is 12.1 Å².